The monoisotopic (exact) mass is 91.0 g/mol. The molecule has 0 aliphatic rings. The summed E-state index contributed by atoms with van der Waals surface area (Å²) < 4.78 is 0. The number of carbonyl (C=O) groups is 1. The van der Waals surface area contributed by atoms with Gasteiger partial charge in [-0.15, -0.1) is 0 Å². The quantitative estimate of drug-likeness (QED) is 0.381. The lowest BCUT2D eigenvalue weighted by molar-refractivity contribution is -0.147. The Morgan fingerprint density at radius 2 is 2.50 bits per heavy atom. The van der Waals surface area contributed by atoms with Gasteiger partial charge in [-0.25, -0.2) is 4.79 Å². The van der Waals surface area contributed by atoms with Crippen LogP contribution in [0.15, 0.2) is 0 Å². The summed E-state index contributed by atoms with van der Waals surface area (Å²) in [7, 11) is 0. The van der Waals surface area contributed by atoms with Gasteiger partial charge in [0.1, 0.15) is 6.61 Å². The van der Waals surface area contributed by atoms with Crippen molar-refractivity contribution in [2.75, 3.05) is 6.61 Å². The molecule has 0 heterocycles. The summed E-state index contributed by atoms with van der Waals surface area (Å²) in [4.78, 5) is 13.1. The van der Waals surface area contributed by atoms with E-state index in [4.69, 9.17) is 5.11 Å². The van der Waals surface area contributed by atoms with Crippen molar-refractivity contribution < 1.29 is 14.7 Å². The lowest BCUT2D eigenvalue weighted by Gasteiger charge is -1.85. The third-order valence-corrected chi connectivity index (χ3v) is 0.261. The predicted molar refractivity (Wildman–Crippen MR) is 17.4 cm³/mol. The van der Waals surface area contributed by atoms with E-state index in [9.17, 15) is 4.79 Å². The zero-order chi connectivity index (χ0) is 4.99. The van der Waals surface area contributed by atoms with E-state index in [0.717, 1.165) is 0 Å². The number of hydrogen-bond donors (Lipinski definition) is 2. The Labute approximate surface area is 34.5 Å². The van der Waals surface area contributed by atoms with Crippen molar-refractivity contribution >= 4 is 5.97 Å². The minimum absolute atomic E-state index is 0.656. The van der Waals surface area contributed by atoms with Crippen LogP contribution in [0.25, 0.3) is 0 Å². The molecule has 0 unspecified atom stereocenters. The Kier molecular flexibility index (Phi) is 2.35. The molecule has 36 valence electrons. The molecule has 0 aliphatic carbocycles. The van der Waals surface area contributed by atoms with Gasteiger partial charge >= 0.3 is 5.97 Å². The molecule has 3 N–H and O–H groups in total. The molecule has 0 aromatic carbocycles. The Morgan fingerprint density at radius 1 is 2.00 bits per heavy atom. The third kappa shape index (κ3) is 1.68. The standard InChI is InChI=1S/C2H5NO3/c3-6-2(5)1-4/h4H,1,3H2. The summed E-state index contributed by atoms with van der Waals surface area (Å²) in [5, 5.41) is 7.78. The fraction of sp³-hybridized carbons (Fsp3) is 0.500. The fourth-order valence-electron chi connectivity index (χ4n) is 0.0373. The maximum absolute atomic E-state index is 9.58. The van der Waals surface area contributed by atoms with E-state index in [2.05, 4.69) is 10.7 Å². The van der Waals surface area contributed by atoms with Crippen LogP contribution in [0.2, 0.25) is 0 Å². The molecule has 0 atom stereocenters. The van der Waals surface area contributed by atoms with Crippen LogP contribution in [-0.4, -0.2) is 17.7 Å². The summed E-state index contributed by atoms with van der Waals surface area (Å²) in [6.07, 6.45) is 0. The lowest BCUT2D eigenvalue weighted by Crippen LogP contribution is -2.12. The van der Waals surface area contributed by atoms with Crippen molar-refractivity contribution in [3.05, 3.63) is 0 Å². The van der Waals surface area contributed by atoms with Crippen molar-refractivity contribution in [1.82, 2.24) is 0 Å². The van der Waals surface area contributed by atoms with E-state index >= 15 is 0 Å². The van der Waals surface area contributed by atoms with Crippen molar-refractivity contribution in [3.63, 3.8) is 0 Å². The van der Waals surface area contributed by atoms with Crippen molar-refractivity contribution in [2.45, 2.75) is 0 Å². The van der Waals surface area contributed by atoms with Gasteiger partial charge in [-0.1, -0.05) is 0 Å². The number of rotatable bonds is 1. The summed E-state index contributed by atoms with van der Waals surface area (Å²) in [5.74, 6) is 3.45. The van der Waals surface area contributed by atoms with E-state index in [1.54, 1.807) is 0 Å². The number of nitrogens with two attached hydrogens (primary N) is 1. The Bertz CT molecular complexity index is 46.8. The molecule has 0 bridgehead atoms. The van der Waals surface area contributed by atoms with Gasteiger partial charge in [-0.3, -0.25) is 0 Å². The van der Waals surface area contributed by atoms with Gasteiger partial charge in [-0.2, -0.15) is 5.90 Å². The van der Waals surface area contributed by atoms with E-state index in [1.807, 2.05) is 0 Å². The second kappa shape index (κ2) is 2.62. The smallest absolute Gasteiger partial charge is 0.350 e. The van der Waals surface area contributed by atoms with Crippen molar-refractivity contribution in [2.24, 2.45) is 5.90 Å². The Morgan fingerprint density at radius 3 is 2.50 bits per heavy atom. The highest BCUT2D eigenvalue weighted by molar-refractivity contribution is 5.69. The largest absolute Gasteiger partial charge is 0.385 e. The molecule has 0 aromatic heterocycles. The van der Waals surface area contributed by atoms with Crippen LogP contribution in [0.5, 0.6) is 0 Å². The molecule has 0 saturated carbocycles. The molecule has 0 aromatic rings. The molecule has 0 fully saturated rings. The first kappa shape index (κ1) is 5.39. The topological polar surface area (TPSA) is 72.5 Å². The number of aliphatic hydroxyl groups is 1. The second-order valence-electron chi connectivity index (χ2n) is 0.648. The van der Waals surface area contributed by atoms with E-state index in [-0.39, 0.29) is 0 Å². The Hall–Kier alpha value is -0.610. The molecule has 0 rings (SSSR count). The van der Waals surface area contributed by atoms with E-state index < -0.39 is 12.6 Å². The lowest BCUT2D eigenvalue weighted by atomic mass is 10.8. The van der Waals surface area contributed by atoms with Gasteiger partial charge in [0.25, 0.3) is 0 Å². The van der Waals surface area contributed by atoms with Gasteiger partial charge in [0.05, 0.1) is 0 Å². The molecule has 4 nitrogen and oxygen atoms in total. The summed E-state index contributed by atoms with van der Waals surface area (Å²) >= 11 is 0. The first-order valence-corrected chi connectivity index (χ1v) is 1.31. The van der Waals surface area contributed by atoms with E-state index in [0.29, 0.717) is 0 Å². The second-order valence-corrected chi connectivity index (χ2v) is 0.648. The average molecular weight is 91.1 g/mol. The first-order chi connectivity index (χ1) is 2.81. The molecular formula is C2H5NO3. The highest BCUT2D eigenvalue weighted by Crippen LogP contribution is 1.59. The van der Waals surface area contributed by atoms with E-state index in [1.165, 1.54) is 0 Å². The molecule has 0 spiro atoms. The highest BCUT2D eigenvalue weighted by atomic mass is 16.7. The van der Waals surface area contributed by atoms with Gasteiger partial charge in [-0.05, 0) is 0 Å². The average Bonchev–Trinajstić information content (AvgIpc) is 1.65. The van der Waals surface area contributed by atoms with Crippen LogP contribution in [0.1, 0.15) is 0 Å². The van der Waals surface area contributed by atoms with Gasteiger partial charge in [0.2, 0.25) is 0 Å². The molecular weight excluding hydrogens is 86.0 g/mol. The minimum Gasteiger partial charge on any atom is -0.385 e. The summed E-state index contributed by atoms with van der Waals surface area (Å²) in [6, 6.07) is 0. The molecule has 6 heavy (non-hydrogen) atoms. The predicted octanol–water partition coefficient (Wildman–Crippen LogP) is -1.60. The maximum atomic E-state index is 9.58. The van der Waals surface area contributed by atoms with Gasteiger partial charge < -0.3 is 9.94 Å². The van der Waals surface area contributed by atoms with Crippen LogP contribution < -0.4 is 5.90 Å². The first-order valence-electron chi connectivity index (χ1n) is 1.31. The van der Waals surface area contributed by atoms with Crippen molar-refractivity contribution in [3.8, 4) is 0 Å². The summed E-state index contributed by atoms with van der Waals surface area (Å²) in [6.45, 7) is -0.656. The van der Waals surface area contributed by atoms with Crippen LogP contribution in [0.4, 0.5) is 0 Å². The number of aliphatic hydroxyl groups excluding tert-OH is 1. The zero-order valence-electron chi connectivity index (χ0n) is 3.05. The normalized spacial score (nSPS) is 7.67. The number of hydrogen-bond acceptors (Lipinski definition) is 4. The summed E-state index contributed by atoms with van der Waals surface area (Å²) in [5.41, 5.74) is 0. The molecule has 0 saturated heterocycles. The Balaban J connectivity index is 2.99. The third-order valence-electron chi connectivity index (χ3n) is 0.261. The van der Waals surface area contributed by atoms with Gasteiger partial charge in [0, 0.05) is 0 Å². The van der Waals surface area contributed by atoms with Crippen LogP contribution in [0.3, 0.4) is 0 Å². The van der Waals surface area contributed by atoms with Crippen LogP contribution in [0, 0.1) is 0 Å². The SMILES string of the molecule is NOC(=O)CO. The molecule has 4 heteroatoms. The fourth-order valence-corrected chi connectivity index (χ4v) is 0.0373. The van der Waals surface area contributed by atoms with Crippen LogP contribution in [-0.2, 0) is 9.63 Å². The maximum Gasteiger partial charge on any atom is 0.350 e. The highest BCUT2D eigenvalue weighted by Gasteiger charge is 1.90. The molecule has 0 aliphatic heterocycles. The number of carbonyl (C=O) groups excluding carboxylic acids is 1. The van der Waals surface area contributed by atoms with Gasteiger partial charge in [0.15, 0.2) is 0 Å². The van der Waals surface area contributed by atoms with Crippen molar-refractivity contribution in [1.29, 1.82) is 0 Å². The molecule has 0 amide bonds. The van der Waals surface area contributed by atoms with Crippen LogP contribution >= 0.6 is 0 Å². The zero-order valence-corrected chi connectivity index (χ0v) is 3.05. The minimum atomic E-state index is -0.824. The molecule has 0 radical (unpaired) electrons.